The lowest BCUT2D eigenvalue weighted by Gasteiger charge is -2.08. The number of hydrogen-bond donors (Lipinski definition) is 0. The second kappa shape index (κ2) is 5.85. The van der Waals surface area contributed by atoms with Gasteiger partial charge >= 0.3 is 0 Å². The first-order chi connectivity index (χ1) is 12.6. The van der Waals surface area contributed by atoms with Crippen LogP contribution in [0.15, 0.2) is 39.5 Å². The Morgan fingerprint density at radius 3 is 3.04 bits per heavy atom. The van der Waals surface area contributed by atoms with Crippen LogP contribution in [0.2, 0.25) is 0 Å². The van der Waals surface area contributed by atoms with Crippen molar-refractivity contribution in [2.75, 3.05) is 0 Å². The van der Waals surface area contributed by atoms with E-state index in [1.807, 2.05) is 0 Å². The van der Waals surface area contributed by atoms with Gasteiger partial charge < -0.3 is 0 Å². The van der Waals surface area contributed by atoms with Crippen LogP contribution in [-0.2, 0) is 19.9 Å². The molecule has 130 valence electrons. The molecule has 3 heterocycles. The number of nitrogens with zero attached hydrogens (tertiary/aromatic N) is 4. The first-order valence-electron chi connectivity index (χ1n) is 8.21. The lowest BCUT2D eigenvalue weighted by Crippen LogP contribution is -2.20. The molecule has 1 aromatic carbocycles. The SMILES string of the molecule is Cn1c(Sc2ncnc3ccc(F)cc23)nc2sc3c(c2c1=O)CCC3. The first-order valence-corrected chi connectivity index (χ1v) is 9.84. The second-order valence-electron chi connectivity index (χ2n) is 6.24. The molecule has 1 aliphatic carbocycles. The monoisotopic (exact) mass is 384 g/mol. The number of aromatic nitrogens is 4. The molecule has 1 aliphatic rings. The molecule has 0 atom stereocenters. The summed E-state index contributed by atoms with van der Waals surface area (Å²) in [6.45, 7) is 0. The van der Waals surface area contributed by atoms with Crippen molar-refractivity contribution >= 4 is 44.2 Å². The maximum Gasteiger partial charge on any atom is 0.262 e. The molecule has 0 saturated carbocycles. The van der Waals surface area contributed by atoms with E-state index in [-0.39, 0.29) is 11.4 Å². The third kappa shape index (κ3) is 2.36. The number of thiophene rings is 1. The van der Waals surface area contributed by atoms with E-state index in [1.165, 1.54) is 40.7 Å². The Morgan fingerprint density at radius 2 is 2.15 bits per heavy atom. The smallest absolute Gasteiger partial charge is 0.262 e. The van der Waals surface area contributed by atoms with E-state index >= 15 is 0 Å². The van der Waals surface area contributed by atoms with Crippen molar-refractivity contribution in [3.05, 3.63) is 51.1 Å². The van der Waals surface area contributed by atoms with Crippen molar-refractivity contribution in [2.24, 2.45) is 7.05 Å². The summed E-state index contributed by atoms with van der Waals surface area (Å²) in [5.74, 6) is -0.346. The van der Waals surface area contributed by atoms with Gasteiger partial charge in [-0.3, -0.25) is 9.36 Å². The maximum absolute atomic E-state index is 13.7. The standard InChI is InChI=1S/C18H13FN4OS2/c1-23-17(24)14-10-3-2-4-13(10)25-16(14)22-18(23)26-15-11-7-9(19)5-6-12(11)20-8-21-15/h5-8H,2-4H2,1H3. The minimum Gasteiger partial charge on any atom is -0.290 e. The summed E-state index contributed by atoms with van der Waals surface area (Å²) in [7, 11) is 1.72. The van der Waals surface area contributed by atoms with Crippen molar-refractivity contribution in [3.8, 4) is 0 Å². The van der Waals surface area contributed by atoms with Gasteiger partial charge in [0, 0.05) is 17.3 Å². The van der Waals surface area contributed by atoms with Crippen molar-refractivity contribution in [1.82, 2.24) is 19.5 Å². The predicted molar refractivity (Wildman–Crippen MR) is 101 cm³/mol. The van der Waals surface area contributed by atoms with Crippen LogP contribution in [0.1, 0.15) is 16.9 Å². The normalized spacial score (nSPS) is 13.6. The average molecular weight is 384 g/mol. The van der Waals surface area contributed by atoms with Gasteiger partial charge in [0.05, 0.1) is 10.9 Å². The van der Waals surface area contributed by atoms with Crippen LogP contribution in [-0.4, -0.2) is 19.5 Å². The zero-order valence-corrected chi connectivity index (χ0v) is 15.5. The summed E-state index contributed by atoms with van der Waals surface area (Å²) >= 11 is 2.87. The zero-order chi connectivity index (χ0) is 17.8. The molecule has 0 radical (unpaired) electrons. The molecule has 5 nitrogen and oxygen atoms in total. The molecule has 0 fully saturated rings. The number of aryl methyl sites for hydroxylation is 2. The summed E-state index contributed by atoms with van der Waals surface area (Å²) < 4.78 is 15.2. The minimum absolute atomic E-state index is 0.0264. The fraction of sp³-hybridized carbons (Fsp3) is 0.222. The molecule has 26 heavy (non-hydrogen) atoms. The highest BCUT2D eigenvalue weighted by atomic mass is 32.2. The van der Waals surface area contributed by atoms with Crippen LogP contribution in [0.3, 0.4) is 0 Å². The topological polar surface area (TPSA) is 60.7 Å². The molecule has 0 bridgehead atoms. The molecule has 5 rings (SSSR count). The zero-order valence-electron chi connectivity index (χ0n) is 13.8. The molecular weight excluding hydrogens is 371 g/mol. The van der Waals surface area contributed by atoms with Gasteiger partial charge in [-0.05, 0) is 54.8 Å². The van der Waals surface area contributed by atoms with Gasteiger partial charge in [0.15, 0.2) is 5.16 Å². The van der Waals surface area contributed by atoms with Crippen molar-refractivity contribution in [3.63, 3.8) is 0 Å². The molecule has 0 aliphatic heterocycles. The molecule has 0 saturated heterocycles. The predicted octanol–water partition coefficient (Wildman–Crippen LogP) is 3.72. The molecule has 0 unspecified atom stereocenters. The highest BCUT2D eigenvalue weighted by Crippen LogP contribution is 2.36. The van der Waals surface area contributed by atoms with Gasteiger partial charge in [0.2, 0.25) is 0 Å². The lowest BCUT2D eigenvalue weighted by molar-refractivity contribution is 0.629. The second-order valence-corrected chi connectivity index (χ2v) is 8.28. The van der Waals surface area contributed by atoms with E-state index in [2.05, 4.69) is 9.97 Å². The Kier molecular flexibility index (Phi) is 3.58. The number of benzene rings is 1. The van der Waals surface area contributed by atoms with Gasteiger partial charge in [-0.2, -0.15) is 0 Å². The number of hydrogen-bond acceptors (Lipinski definition) is 6. The maximum atomic E-state index is 13.7. The van der Waals surface area contributed by atoms with Crippen LogP contribution in [0.4, 0.5) is 4.39 Å². The van der Waals surface area contributed by atoms with E-state index in [4.69, 9.17) is 4.98 Å². The Bertz CT molecular complexity index is 1250. The summed E-state index contributed by atoms with van der Waals surface area (Å²) in [5.41, 5.74) is 1.80. The fourth-order valence-corrected chi connectivity index (χ4v) is 5.58. The fourth-order valence-electron chi connectivity index (χ4n) is 3.37. The van der Waals surface area contributed by atoms with Gasteiger partial charge in [0.1, 0.15) is 22.0 Å². The quantitative estimate of drug-likeness (QED) is 0.389. The van der Waals surface area contributed by atoms with E-state index < -0.39 is 0 Å². The van der Waals surface area contributed by atoms with Crippen LogP contribution in [0, 0.1) is 5.82 Å². The largest absolute Gasteiger partial charge is 0.290 e. The molecule has 0 N–H and O–H groups in total. The first kappa shape index (κ1) is 15.9. The number of rotatable bonds is 2. The third-order valence-electron chi connectivity index (χ3n) is 4.65. The minimum atomic E-state index is -0.346. The lowest BCUT2D eigenvalue weighted by atomic mass is 10.2. The number of halogens is 1. The van der Waals surface area contributed by atoms with E-state index in [0.717, 1.165) is 29.5 Å². The van der Waals surface area contributed by atoms with Gasteiger partial charge in [-0.15, -0.1) is 11.3 Å². The molecule has 0 amide bonds. The molecule has 4 aromatic rings. The highest BCUT2D eigenvalue weighted by molar-refractivity contribution is 7.99. The van der Waals surface area contributed by atoms with E-state index in [1.54, 1.807) is 29.0 Å². The van der Waals surface area contributed by atoms with Gasteiger partial charge in [-0.25, -0.2) is 19.3 Å². The van der Waals surface area contributed by atoms with Gasteiger partial charge in [-0.1, -0.05) is 0 Å². The van der Waals surface area contributed by atoms with Crippen molar-refractivity contribution < 1.29 is 4.39 Å². The Balaban J connectivity index is 1.68. The van der Waals surface area contributed by atoms with Crippen LogP contribution >= 0.6 is 23.1 Å². The highest BCUT2D eigenvalue weighted by Gasteiger charge is 2.23. The summed E-state index contributed by atoms with van der Waals surface area (Å²) in [6.07, 6.45) is 4.53. The Morgan fingerprint density at radius 1 is 1.27 bits per heavy atom. The van der Waals surface area contributed by atoms with Crippen molar-refractivity contribution in [1.29, 1.82) is 0 Å². The Labute approximate surface area is 155 Å². The van der Waals surface area contributed by atoms with Crippen molar-refractivity contribution in [2.45, 2.75) is 29.4 Å². The van der Waals surface area contributed by atoms with Gasteiger partial charge in [0.25, 0.3) is 5.56 Å². The van der Waals surface area contributed by atoms with Crippen LogP contribution < -0.4 is 5.56 Å². The Hall–Kier alpha value is -2.32. The summed E-state index contributed by atoms with van der Waals surface area (Å²) in [5, 5.41) is 2.50. The average Bonchev–Trinajstić information content (AvgIpc) is 3.20. The summed E-state index contributed by atoms with van der Waals surface area (Å²) in [4.78, 5) is 28.1. The van der Waals surface area contributed by atoms with E-state index in [0.29, 0.717) is 21.1 Å². The third-order valence-corrected chi connectivity index (χ3v) is 6.91. The van der Waals surface area contributed by atoms with Crippen LogP contribution in [0.25, 0.3) is 21.1 Å². The molecule has 8 heteroatoms. The number of fused-ring (bicyclic) bond motifs is 4. The molecular formula is C18H13FN4OS2. The summed E-state index contributed by atoms with van der Waals surface area (Å²) in [6, 6.07) is 4.40. The van der Waals surface area contributed by atoms with E-state index in [9.17, 15) is 9.18 Å². The molecule has 0 spiro atoms. The molecule has 3 aromatic heterocycles. The van der Waals surface area contributed by atoms with Crippen LogP contribution in [0.5, 0.6) is 0 Å².